The number of hydrogen-bond donors (Lipinski definition) is 1. The zero-order valence-electron chi connectivity index (χ0n) is 7.06. The van der Waals surface area contributed by atoms with Gasteiger partial charge in [-0.2, -0.15) is 0 Å². The first-order valence-corrected chi connectivity index (χ1v) is 4.40. The first kappa shape index (κ1) is 12.3. The van der Waals surface area contributed by atoms with Gasteiger partial charge in [0.15, 0.2) is 0 Å². The highest BCUT2D eigenvalue weighted by Gasteiger charge is 2.03. The molecule has 3 nitrogen and oxygen atoms in total. The van der Waals surface area contributed by atoms with E-state index in [0.717, 1.165) is 5.69 Å². The molecule has 2 N–H and O–H groups in total. The van der Waals surface area contributed by atoms with Crippen molar-refractivity contribution in [3.8, 4) is 12.3 Å². The van der Waals surface area contributed by atoms with E-state index in [1.54, 1.807) is 0 Å². The van der Waals surface area contributed by atoms with Gasteiger partial charge in [0.25, 0.3) is 0 Å². The summed E-state index contributed by atoms with van der Waals surface area (Å²) in [5.41, 5.74) is 0.726. The highest BCUT2D eigenvalue weighted by molar-refractivity contribution is 7.99. The van der Waals surface area contributed by atoms with Crippen LogP contribution in [0.4, 0.5) is 0 Å². The lowest BCUT2D eigenvalue weighted by molar-refractivity contribution is -0.442. The molecule has 0 spiro atoms. The Labute approximate surface area is 91.1 Å². The van der Waals surface area contributed by atoms with Gasteiger partial charge < -0.3 is 17.0 Å². The van der Waals surface area contributed by atoms with Crippen molar-refractivity contribution in [3.05, 3.63) is 22.1 Å². The Morgan fingerprint density at radius 2 is 2.46 bits per heavy atom. The Hall–Kier alpha value is -0.730. The maximum Gasteiger partial charge on any atom is 0.336 e. The Kier molecular flexibility index (Phi) is 5.51. The van der Waals surface area contributed by atoms with E-state index in [2.05, 4.69) is 15.9 Å². The van der Waals surface area contributed by atoms with E-state index in [1.807, 2.05) is 6.92 Å². The van der Waals surface area contributed by atoms with Gasteiger partial charge >= 0.3 is 10.7 Å². The largest absolute Gasteiger partial charge is 1.00 e. The summed E-state index contributed by atoms with van der Waals surface area (Å²) in [6.07, 6.45) is 5.08. The number of terminal acetylenes is 1. The van der Waals surface area contributed by atoms with E-state index >= 15 is 0 Å². The van der Waals surface area contributed by atoms with Gasteiger partial charge in [0.2, 0.25) is 0 Å². The van der Waals surface area contributed by atoms with Gasteiger partial charge in [0.1, 0.15) is 5.69 Å². The maximum atomic E-state index is 10.9. The minimum atomic E-state index is -0.106. The van der Waals surface area contributed by atoms with E-state index in [0.29, 0.717) is 10.9 Å². The Morgan fingerprint density at radius 3 is 3.00 bits per heavy atom. The third kappa shape index (κ3) is 4.15. The molecule has 70 valence electrons. The smallest absolute Gasteiger partial charge is 0.336 e. The van der Waals surface area contributed by atoms with Gasteiger partial charge in [-0.25, -0.2) is 14.8 Å². The average Bonchev–Trinajstić information content (AvgIpc) is 1.99. The molecule has 0 aliphatic heterocycles. The fourth-order valence-corrected chi connectivity index (χ4v) is 1.41. The summed E-state index contributed by atoms with van der Waals surface area (Å²) >= 11 is 1.40. The van der Waals surface area contributed by atoms with Crippen molar-refractivity contribution < 1.29 is 22.0 Å². The summed E-state index contributed by atoms with van der Waals surface area (Å²) in [4.78, 5) is 16.6. The number of thioether (sulfide) groups is 1. The van der Waals surface area contributed by atoms with Crippen LogP contribution in [0.5, 0.6) is 0 Å². The molecule has 0 radical (unpaired) electrons. The molecule has 1 aromatic heterocycles. The van der Waals surface area contributed by atoms with Crippen LogP contribution in [0.15, 0.2) is 16.0 Å². The monoisotopic (exact) mass is 260 g/mol. The van der Waals surface area contributed by atoms with Gasteiger partial charge in [-0.1, -0.05) is 5.92 Å². The SMILES string of the molecule is C#CCSc1[nH]c(=O)cc(C)[nH+]1.[Br-]. The van der Waals surface area contributed by atoms with Crippen molar-refractivity contribution in [2.75, 3.05) is 5.75 Å². The van der Waals surface area contributed by atoms with Crippen molar-refractivity contribution in [1.82, 2.24) is 4.98 Å². The van der Waals surface area contributed by atoms with Crippen LogP contribution in [0.1, 0.15) is 5.69 Å². The van der Waals surface area contributed by atoms with Crippen LogP contribution in [0.2, 0.25) is 0 Å². The molecular weight excluding hydrogens is 252 g/mol. The van der Waals surface area contributed by atoms with E-state index in [4.69, 9.17) is 6.42 Å². The molecule has 1 heterocycles. The number of hydrogen-bond acceptors (Lipinski definition) is 2. The quantitative estimate of drug-likeness (QED) is 0.356. The van der Waals surface area contributed by atoms with Crippen molar-refractivity contribution in [2.24, 2.45) is 0 Å². The predicted octanol–water partition coefficient (Wildman–Crippen LogP) is -2.77. The molecule has 0 fully saturated rings. The predicted molar refractivity (Wildman–Crippen MR) is 47.9 cm³/mol. The van der Waals surface area contributed by atoms with Crippen LogP contribution < -0.4 is 27.5 Å². The van der Waals surface area contributed by atoms with Crippen LogP contribution in [-0.4, -0.2) is 10.7 Å². The molecule has 5 heteroatoms. The molecule has 13 heavy (non-hydrogen) atoms. The molecule has 0 bridgehead atoms. The fourth-order valence-electron chi connectivity index (χ4n) is 0.777. The maximum absolute atomic E-state index is 10.9. The summed E-state index contributed by atoms with van der Waals surface area (Å²) in [6.45, 7) is 1.83. The second-order valence-electron chi connectivity index (χ2n) is 2.26. The molecule has 0 saturated heterocycles. The number of aryl methyl sites for hydroxylation is 1. The highest BCUT2D eigenvalue weighted by atomic mass is 79.9. The lowest BCUT2D eigenvalue weighted by Crippen LogP contribution is -3.00. The van der Waals surface area contributed by atoms with Crippen LogP contribution >= 0.6 is 11.8 Å². The fraction of sp³-hybridized carbons (Fsp3) is 0.250. The zero-order valence-corrected chi connectivity index (χ0v) is 9.46. The van der Waals surface area contributed by atoms with Gasteiger partial charge in [-0.05, 0) is 18.7 Å². The Balaban J connectivity index is 0.00000144. The second kappa shape index (κ2) is 5.84. The van der Waals surface area contributed by atoms with Crippen LogP contribution in [0.3, 0.4) is 0 Å². The molecule has 0 aliphatic rings. The number of nitrogens with one attached hydrogen (secondary N) is 2. The van der Waals surface area contributed by atoms with Gasteiger partial charge in [-0.3, -0.25) is 0 Å². The molecule has 0 aromatic carbocycles. The number of aromatic nitrogens is 2. The third-order valence-corrected chi connectivity index (χ3v) is 2.00. The van der Waals surface area contributed by atoms with E-state index < -0.39 is 0 Å². The summed E-state index contributed by atoms with van der Waals surface area (Å²) in [5.74, 6) is 3.03. The second-order valence-corrected chi connectivity index (χ2v) is 3.25. The summed E-state index contributed by atoms with van der Waals surface area (Å²) in [6, 6.07) is 1.50. The average molecular weight is 261 g/mol. The summed E-state index contributed by atoms with van der Waals surface area (Å²) in [7, 11) is 0. The Bertz CT molecular complexity index is 369. The van der Waals surface area contributed by atoms with Crippen molar-refractivity contribution >= 4 is 11.8 Å². The van der Waals surface area contributed by atoms with Crippen LogP contribution in [0, 0.1) is 19.3 Å². The summed E-state index contributed by atoms with van der Waals surface area (Å²) in [5, 5.41) is 0.706. The standard InChI is InChI=1S/C8H8N2OS.BrH/c1-3-4-12-8-9-6(2)5-7(11)10-8;/h1,5H,4H2,2H3,(H,9,10,11);1H. The molecule has 0 unspecified atom stereocenters. The highest BCUT2D eigenvalue weighted by Crippen LogP contribution is 2.05. The first-order chi connectivity index (χ1) is 5.72. The normalized spacial score (nSPS) is 8.62. The van der Waals surface area contributed by atoms with E-state index in [9.17, 15) is 4.79 Å². The minimum absolute atomic E-state index is 0. The molecule has 1 aromatic rings. The van der Waals surface area contributed by atoms with E-state index in [-0.39, 0.29) is 22.5 Å². The molecule has 0 atom stereocenters. The Morgan fingerprint density at radius 1 is 1.77 bits per heavy atom. The molecule has 0 aliphatic carbocycles. The van der Waals surface area contributed by atoms with Crippen molar-refractivity contribution in [2.45, 2.75) is 12.1 Å². The van der Waals surface area contributed by atoms with E-state index in [1.165, 1.54) is 17.8 Å². The first-order valence-electron chi connectivity index (χ1n) is 3.42. The third-order valence-electron chi connectivity index (χ3n) is 1.19. The molecule has 1 rings (SSSR count). The number of rotatable bonds is 2. The van der Waals surface area contributed by atoms with Crippen LogP contribution in [-0.2, 0) is 0 Å². The number of aromatic amines is 2. The van der Waals surface area contributed by atoms with Gasteiger partial charge in [-0.15, -0.1) is 6.42 Å². The zero-order chi connectivity index (χ0) is 8.97. The molecule has 0 amide bonds. The van der Waals surface area contributed by atoms with Crippen LogP contribution in [0.25, 0.3) is 0 Å². The van der Waals surface area contributed by atoms with Gasteiger partial charge in [0, 0.05) is 0 Å². The number of H-pyrrole nitrogens is 2. The number of halogens is 1. The van der Waals surface area contributed by atoms with Crippen molar-refractivity contribution in [1.29, 1.82) is 0 Å². The van der Waals surface area contributed by atoms with Gasteiger partial charge in [0.05, 0.1) is 11.8 Å². The molecular formula is C8H9BrN2OS. The minimum Gasteiger partial charge on any atom is -1.00 e. The molecule has 0 saturated carbocycles. The topological polar surface area (TPSA) is 47.0 Å². The lowest BCUT2D eigenvalue weighted by Gasteiger charge is -1.90. The van der Waals surface area contributed by atoms with Crippen molar-refractivity contribution in [3.63, 3.8) is 0 Å². The lowest BCUT2D eigenvalue weighted by atomic mass is 10.5. The summed E-state index contributed by atoms with van der Waals surface area (Å²) < 4.78 is 0.